The highest BCUT2D eigenvalue weighted by atomic mass is 16.3. The second kappa shape index (κ2) is 8.46. The minimum Gasteiger partial charge on any atom is -0.508 e. The first-order valence-electron chi connectivity index (χ1n) is 21.4. The number of aromatic hydroxyl groups is 1. The van der Waals surface area contributed by atoms with E-state index in [9.17, 15) is 5.11 Å². The predicted octanol–water partition coefficient (Wildman–Crippen LogP) is 9.12. The van der Waals surface area contributed by atoms with Crippen molar-refractivity contribution in [2.75, 3.05) is 11.4 Å². The van der Waals surface area contributed by atoms with Crippen molar-refractivity contribution in [1.29, 1.82) is 0 Å². The maximum absolute atomic E-state index is 10.6. The molecule has 9 aliphatic rings. The first kappa shape index (κ1) is 28.8. The fourth-order valence-electron chi connectivity index (χ4n) is 16.2. The summed E-state index contributed by atoms with van der Waals surface area (Å²) >= 11 is 0. The zero-order chi connectivity index (χ0) is 38.4. The van der Waals surface area contributed by atoms with Crippen LogP contribution in [0.25, 0.3) is 87.6 Å². The topological polar surface area (TPSA) is 23.5 Å². The van der Waals surface area contributed by atoms with E-state index in [-0.39, 0.29) is 17.2 Å². The lowest BCUT2D eigenvalue weighted by atomic mass is 9.50. The number of phenols is 1. The number of hydrogen-bond acceptors (Lipinski definition) is 2. The summed E-state index contributed by atoms with van der Waals surface area (Å²) in [6.07, 6.45) is 11.2. The summed E-state index contributed by atoms with van der Waals surface area (Å²) in [5.41, 5.74) is 17.1. The fourth-order valence-corrected chi connectivity index (χ4v) is 16.2. The molecule has 2 nitrogen and oxygen atoms in total. The van der Waals surface area contributed by atoms with Crippen LogP contribution in [0.15, 0.2) is 59.7 Å². The van der Waals surface area contributed by atoms with Crippen LogP contribution >= 0.6 is 0 Å². The van der Waals surface area contributed by atoms with Gasteiger partial charge in [-0.15, -0.1) is 0 Å². The van der Waals surface area contributed by atoms with Gasteiger partial charge in [0.15, 0.2) is 0 Å². The van der Waals surface area contributed by atoms with Crippen molar-refractivity contribution in [2.45, 2.75) is 49.0 Å². The number of phenolic OH excluding ortho intramolecular Hbond substituents is 1. The molecule has 0 radical (unpaired) electrons. The summed E-state index contributed by atoms with van der Waals surface area (Å²) in [6.45, 7) is 2.55. The van der Waals surface area contributed by atoms with Crippen LogP contribution < -0.4 is 10.1 Å². The molecular formula is C58H25NO. The third-order valence-electron chi connectivity index (χ3n) is 17.3. The van der Waals surface area contributed by atoms with Gasteiger partial charge in [-0.25, -0.2) is 0 Å². The van der Waals surface area contributed by atoms with Crippen LogP contribution in [0.5, 0.6) is 5.75 Å². The van der Waals surface area contributed by atoms with Gasteiger partial charge in [0, 0.05) is 18.2 Å². The molecule has 2 heteroatoms. The van der Waals surface area contributed by atoms with Gasteiger partial charge < -0.3 is 10.0 Å². The van der Waals surface area contributed by atoms with E-state index in [1.54, 1.807) is 94.2 Å². The average molecular weight is 752 g/mol. The first-order chi connectivity index (χ1) is 29.6. The summed E-state index contributed by atoms with van der Waals surface area (Å²) in [4.78, 5) is 2.58. The maximum Gasteiger partial charge on any atom is 0.115 e. The van der Waals surface area contributed by atoms with E-state index < -0.39 is 5.41 Å². The summed E-state index contributed by atoms with van der Waals surface area (Å²) in [5.74, 6) is 31.5. The Kier molecular flexibility index (Phi) is 4.06. The Morgan fingerprint density at radius 2 is 1.28 bits per heavy atom. The number of allylic oxidation sites excluding steroid dienone is 1. The van der Waals surface area contributed by atoms with Crippen LogP contribution in [-0.2, 0) is 30.1 Å². The van der Waals surface area contributed by atoms with Gasteiger partial charge in [-0.05, 0) is 246 Å². The molecule has 1 aliphatic heterocycles. The molecule has 0 amide bonds. The molecular weight excluding hydrogens is 727 g/mol. The van der Waals surface area contributed by atoms with Crippen LogP contribution in [0.1, 0.15) is 62.9 Å². The molecule has 0 saturated carbocycles. The van der Waals surface area contributed by atoms with Crippen LogP contribution in [0.2, 0.25) is 0 Å². The summed E-state index contributed by atoms with van der Waals surface area (Å²) in [5, 5.41) is 33.8. The molecule has 1 heterocycles. The van der Waals surface area contributed by atoms with Gasteiger partial charge in [0.05, 0.1) is 10.8 Å². The van der Waals surface area contributed by atoms with Crippen molar-refractivity contribution < 1.29 is 5.11 Å². The average Bonchev–Trinajstić information content (AvgIpc) is 4.10. The van der Waals surface area contributed by atoms with Gasteiger partial charge in [-0.2, -0.15) is 0 Å². The van der Waals surface area contributed by atoms with Crippen molar-refractivity contribution in [3.05, 3.63) is 115 Å². The molecule has 1 N–H and O–H groups in total. The van der Waals surface area contributed by atoms with Gasteiger partial charge in [0.25, 0.3) is 0 Å². The standard InChI is InChI=1S/C58H25NO/c1-2-3-4-5-6-7-8-9-10-11-37-58-34-23-32-21-29-17-27-19-30-18-26-16-28-20-31-22-33(24-34)57(58,25-59(37)35-12-14-36(60)15-13-35)55-43(31)47-40(28)38(26)45-42(30)46-39(27)41(29)48-44(32)56(58)54-52(48)50(46)49(45)51(47)53(54)55/h12-15,18,20-24,27,37,39,60H,16-17,19,25H2,1H3. The SMILES string of the molecule is CC#CC#CC#CC#CC#CC1N(c2ccc(O)cc2)CC23C4=Cc5cc6c7c8c(cc9c%10c%11c%12c%13c%14c%15c(cc%16c%14c(c%13c%13c2c5c7c%13c%12c%108)C13C(=C4)C=%16)CC(C9)C%15%11)C6. The Labute approximate surface area is 343 Å². The van der Waals surface area contributed by atoms with E-state index in [1.165, 1.54) is 61.0 Å². The van der Waals surface area contributed by atoms with Crippen molar-refractivity contribution in [2.24, 2.45) is 5.92 Å². The van der Waals surface area contributed by atoms with E-state index in [2.05, 4.69) is 113 Å². The Bertz CT molecular complexity index is 4360. The van der Waals surface area contributed by atoms with Crippen LogP contribution in [0, 0.1) is 65.1 Å². The molecule has 2 spiro atoms. The Morgan fingerprint density at radius 1 is 0.583 bits per heavy atom. The van der Waals surface area contributed by atoms with Gasteiger partial charge in [-0.1, -0.05) is 48.3 Å². The number of rotatable bonds is 1. The van der Waals surface area contributed by atoms with E-state index in [0.29, 0.717) is 11.8 Å². The first-order valence-corrected chi connectivity index (χ1v) is 21.4. The Hall–Kier alpha value is -7.54. The molecule has 8 aliphatic carbocycles. The molecule has 5 unspecified atom stereocenters. The number of benzene rings is 6. The molecule has 5 atom stereocenters. The molecule has 268 valence electrons. The molecule has 0 bridgehead atoms. The zero-order valence-corrected chi connectivity index (χ0v) is 32.2. The molecule has 60 heavy (non-hydrogen) atoms. The van der Waals surface area contributed by atoms with Gasteiger partial charge in [-0.3, -0.25) is 0 Å². The second-order valence-electron chi connectivity index (χ2n) is 19.1. The molecule has 18 rings (SSSR count). The van der Waals surface area contributed by atoms with Crippen molar-refractivity contribution in [1.82, 2.24) is 0 Å². The lowest BCUT2D eigenvalue weighted by Gasteiger charge is -2.49. The summed E-state index contributed by atoms with van der Waals surface area (Å²) in [7, 11) is 0. The Morgan fingerprint density at radius 3 is 2.13 bits per heavy atom. The van der Waals surface area contributed by atoms with Crippen molar-refractivity contribution in [3.8, 4) is 65.0 Å². The highest BCUT2D eigenvalue weighted by Gasteiger charge is 2.74. The summed E-state index contributed by atoms with van der Waals surface area (Å²) in [6, 6.07) is 15.5. The number of anilines is 1. The zero-order valence-electron chi connectivity index (χ0n) is 32.2. The smallest absolute Gasteiger partial charge is 0.115 e. The lowest BCUT2D eigenvalue weighted by molar-refractivity contribution is 0.397. The van der Waals surface area contributed by atoms with E-state index in [0.717, 1.165) is 25.1 Å². The van der Waals surface area contributed by atoms with Gasteiger partial charge in [0.2, 0.25) is 0 Å². The number of hydrogen-bond donors (Lipinski definition) is 1. The third-order valence-corrected chi connectivity index (χ3v) is 17.3. The molecule has 1 saturated heterocycles. The van der Waals surface area contributed by atoms with Crippen molar-refractivity contribution >= 4 is 93.2 Å². The molecule has 1 fully saturated rings. The van der Waals surface area contributed by atoms with Gasteiger partial charge >= 0.3 is 0 Å². The highest BCUT2D eigenvalue weighted by Crippen LogP contribution is 2.78. The molecule has 0 aromatic heterocycles. The third kappa shape index (κ3) is 2.43. The normalized spacial score (nSPS) is 25.5. The largest absolute Gasteiger partial charge is 0.508 e. The maximum atomic E-state index is 10.6. The van der Waals surface area contributed by atoms with Crippen molar-refractivity contribution in [3.63, 3.8) is 0 Å². The van der Waals surface area contributed by atoms with Crippen LogP contribution in [0.3, 0.4) is 0 Å². The Balaban J connectivity index is 1.09. The van der Waals surface area contributed by atoms with E-state index in [4.69, 9.17) is 0 Å². The van der Waals surface area contributed by atoms with Gasteiger partial charge in [0.1, 0.15) is 11.8 Å². The van der Waals surface area contributed by atoms with E-state index in [1.807, 2.05) is 12.1 Å². The summed E-state index contributed by atoms with van der Waals surface area (Å²) < 4.78 is 0. The number of nitrogens with zero attached hydrogens (tertiary/aromatic N) is 1. The fraction of sp³-hybridized carbons (Fsp3) is 0.172. The quantitative estimate of drug-likeness (QED) is 0.134. The molecule has 9 aromatic carbocycles. The minimum absolute atomic E-state index is 0.238. The lowest BCUT2D eigenvalue weighted by Crippen LogP contribution is -2.53. The second-order valence-corrected chi connectivity index (χ2v) is 19.1. The highest BCUT2D eigenvalue weighted by molar-refractivity contribution is 6.54. The van der Waals surface area contributed by atoms with E-state index >= 15 is 0 Å². The van der Waals surface area contributed by atoms with Crippen LogP contribution in [0.4, 0.5) is 5.69 Å². The predicted molar refractivity (Wildman–Crippen MR) is 241 cm³/mol. The monoisotopic (exact) mass is 751 g/mol. The molecule has 9 aromatic rings. The van der Waals surface area contributed by atoms with Crippen LogP contribution in [-0.4, -0.2) is 17.7 Å². The minimum atomic E-state index is -0.481.